The first-order valence-electron chi connectivity index (χ1n) is 9.04. The van der Waals surface area contributed by atoms with Gasteiger partial charge in [0.05, 0.1) is 11.3 Å². The lowest BCUT2D eigenvalue weighted by Gasteiger charge is -2.21. The Bertz CT molecular complexity index is 1080. The average Bonchev–Trinajstić information content (AvgIpc) is 2.81. The second kappa shape index (κ2) is 7.48. The van der Waals surface area contributed by atoms with Gasteiger partial charge in [0.1, 0.15) is 5.03 Å². The van der Waals surface area contributed by atoms with Gasteiger partial charge < -0.3 is 10.2 Å². The Labute approximate surface area is 167 Å². The number of nitrogens with one attached hydrogen (secondary N) is 1. The van der Waals surface area contributed by atoms with E-state index in [1.807, 2.05) is 50.2 Å². The predicted octanol–water partition coefficient (Wildman–Crippen LogP) is 4.77. The Morgan fingerprint density at radius 1 is 1.14 bits per heavy atom. The molecule has 3 aromatic rings. The van der Waals surface area contributed by atoms with Gasteiger partial charge in [-0.1, -0.05) is 30.0 Å². The van der Waals surface area contributed by atoms with Gasteiger partial charge in [-0.15, -0.1) is 0 Å². The molecule has 2 heterocycles. The molecule has 4 rings (SSSR count). The zero-order valence-electron chi connectivity index (χ0n) is 15.6. The number of aryl methyl sites for hydroxylation is 1. The van der Waals surface area contributed by atoms with Crippen molar-refractivity contribution in [1.82, 2.24) is 4.98 Å². The summed E-state index contributed by atoms with van der Waals surface area (Å²) in [5.74, 6) is -0.216. The summed E-state index contributed by atoms with van der Waals surface area (Å²) >= 11 is 1.44. The van der Waals surface area contributed by atoms with Gasteiger partial charge in [0.15, 0.2) is 0 Å². The molecular formula is C22H19N3O2S. The fraction of sp³-hybridized carbons (Fsp3) is 0.136. The second-order valence-corrected chi connectivity index (χ2v) is 7.49. The molecule has 1 aliphatic rings. The third-order valence-electron chi connectivity index (χ3n) is 4.67. The summed E-state index contributed by atoms with van der Waals surface area (Å²) in [6.45, 7) is 4.41. The Kier molecular flexibility index (Phi) is 4.88. The molecule has 140 valence electrons. The number of amides is 2. The molecule has 5 nitrogen and oxygen atoms in total. The molecule has 0 radical (unpaired) electrons. The van der Waals surface area contributed by atoms with Crippen LogP contribution in [0.2, 0.25) is 0 Å². The van der Waals surface area contributed by atoms with Crippen molar-refractivity contribution in [1.29, 1.82) is 0 Å². The monoisotopic (exact) mass is 389 g/mol. The van der Waals surface area contributed by atoms with Crippen molar-refractivity contribution in [3.63, 3.8) is 0 Å². The second-order valence-electron chi connectivity index (χ2n) is 6.46. The van der Waals surface area contributed by atoms with Gasteiger partial charge in [0.25, 0.3) is 11.8 Å². The molecule has 2 aromatic carbocycles. The van der Waals surface area contributed by atoms with E-state index in [1.54, 1.807) is 29.3 Å². The molecule has 0 saturated heterocycles. The van der Waals surface area contributed by atoms with Crippen LogP contribution >= 0.6 is 11.8 Å². The summed E-state index contributed by atoms with van der Waals surface area (Å²) in [6.07, 6.45) is 1.68. The van der Waals surface area contributed by atoms with E-state index in [0.717, 1.165) is 16.1 Å². The lowest BCUT2D eigenvalue weighted by atomic mass is 10.1. The fourth-order valence-electron chi connectivity index (χ4n) is 3.23. The zero-order chi connectivity index (χ0) is 19.7. The summed E-state index contributed by atoms with van der Waals surface area (Å²) in [5.41, 5.74) is 3.66. The number of carbonyl (C=O) groups excluding carboxylic acids is 2. The highest BCUT2D eigenvalue weighted by atomic mass is 32.2. The van der Waals surface area contributed by atoms with Crippen LogP contribution in [0.25, 0.3) is 0 Å². The number of anilines is 2. The number of benzene rings is 2. The van der Waals surface area contributed by atoms with Crippen molar-refractivity contribution in [2.45, 2.75) is 23.8 Å². The van der Waals surface area contributed by atoms with Crippen LogP contribution in [-0.2, 0) is 0 Å². The van der Waals surface area contributed by atoms with Gasteiger partial charge in [-0.3, -0.25) is 9.59 Å². The average molecular weight is 389 g/mol. The van der Waals surface area contributed by atoms with Crippen LogP contribution in [0.5, 0.6) is 0 Å². The number of nitrogens with zero attached hydrogens (tertiary/aromatic N) is 2. The summed E-state index contributed by atoms with van der Waals surface area (Å²) < 4.78 is 0. The SMILES string of the molecule is CCN1C(=O)c2cccnc2Sc2cc(NC(=O)c3ccccc3C)ccc21. The van der Waals surface area contributed by atoms with Gasteiger partial charge in [0, 0.05) is 28.9 Å². The topological polar surface area (TPSA) is 62.3 Å². The molecule has 1 aromatic heterocycles. The van der Waals surface area contributed by atoms with Gasteiger partial charge in [-0.25, -0.2) is 4.98 Å². The first-order chi connectivity index (χ1) is 13.6. The molecule has 0 spiro atoms. The van der Waals surface area contributed by atoms with Gasteiger partial charge >= 0.3 is 0 Å². The molecule has 1 N–H and O–H groups in total. The predicted molar refractivity (Wildman–Crippen MR) is 111 cm³/mol. The van der Waals surface area contributed by atoms with Gasteiger partial charge in [0.2, 0.25) is 0 Å². The third kappa shape index (κ3) is 3.27. The molecule has 0 bridgehead atoms. The molecule has 0 atom stereocenters. The Hall–Kier alpha value is -3.12. The van der Waals surface area contributed by atoms with Gasteiger partial charge in [-0.05, 0) is 55.8 Å². The maximum absolute atomic E-state index is 12.9. The third-order valence-corrected chi connectivity index (χ3v) is 5.73. The highest BCUT2D eigenvalue weighted by Crippen LogP contribution is 2.41. The minimum Gasteiger partial charge on any atom is -0.322 e. The van der Waals surface area contributed by atoms with Crippen LogP contribution < -0.4 is 10.2 Å². The summed E-state index contributed by atoms with van der Waals surface area (Å²) in [5, 5.41) is 3.63. The first kappa shape index (κ1) is 18.3. The van der Waals surface area contributed by atoms with Crippen molar-refractivity contribution >= 4 is 35.0 Å². The maximum atomic E-state index is 12.9. The van der Waals surface area contributed by atoms with E-state index in [9.17, 15) is 9.59 Å². The number of aromatic nitrogens is 1. The number of carbonyl (C=O) groups is 2. The van der Waals surface area contributed by atoms with Crippen LogP contribution in [0.1, 0.15) is 33.2 Å². The minimum atomic E-state index is -0.154. The molecular weight excluding hydrogens is 370 g/mol. The van der Waals surface area contributed by atoms with E-state index in [4.69, 9.17) is 0 Å². The van der Waals surface area contributed by atoms with E-state index < -0.39 is 0 Å². The quantitative estimate of drug-likeness (QED) is 0.701. The number of hydrogen-bond donors (Lipinski definition) is 1. The molecule has 0 fully saturated rings. The molecule has 0 saturated carbocycles. The molecule has 0 aliphatic carbocycles. The van der Waals surface area contributed by atoms with Crippen LogP contribution in [0.4, 0.5) is 11.4 Å². The molecule has 2 amide bonds. The highest BCUT2D eigenvalue weighted by Gasteiger charge is 2.27. The first-order valence-corrected chi connectivity index (χ1v) is 9.86. The largest absolute Gasteiger partial charge is 0.322 e. The Morgan fingerprint density at radius 3 is 2.75 bits per heavy atom. The normalized spacial score (nSPS) is 12.8. The smallest absolute Gasteiger partial charge is 0.261 e. The Morgan fingerprint density at radius 2 is 1.96 bits per heavy atom. The van der Waals surface area contributed by atoms with Crippen LogP contribution in [0.15, 0.2) is 70.7 Å². The van der Waals surface area contributed by atoms with E-state index in [1.165, 1.54) is 11.8 Å². The van der Waals surface area contributed by atoms with Crippen molar-refractivity contribution < 1.29 is 9.59 Å². The number of hydrogen-bond acceptors (Lipinski definition) is 4. The number of fused-ring (bicyclic) bond motifs is 2. The lowest BCUT2D eigenvalue weighted by Crippen LogP contribution is -2.30. The van der Waals surface area contributed by atoms with E-state index >= 15 is 0 Å². The molecule has 0 unspecified atom stereocenters. The maximum Gasteiger partial charge on any atom is 0.261 e. The van der Waals surface area contributed by atoms with Crippen LogP contribution in [-0.4, -0.2) is 23.3 Å². The zero-order valence-corrected chi connectivity index (χ0v) is 16.4. The van der Waals surface area contributed by atoms with Crippen LogP contribution in [0.3, 0.4) is 0 Å². The lowest BCUT2D eigenvalue weighted by molar-refractivity contribution is 0.0983. The summed E-state index contributed by atoms with van der Waals surface area (Å²) in [4.78, 5) is 32.6. The molecule has 1 aliphatic heterocycles. The van der Waals surface area contributed by atoms with Crippen LogP contribution in [0, 0.1) is 6.92 Å². The minimum absolute atomic E-state index is 0.0615. The summed E-state index contributed by atoms with van der Waals surface area (Å²) in [6, 6.07) is 16.7. The van der Waals surface area contributed by atoms with Crippen molar-refractivity contribution in [2.24, 2.45) is 0 Å². The molecule has 6 heteroatoms. The van der Waals surface area contributed by atoms with Crippen molar-refractivity contribution in [2.75, 3.05) is 16.8 Å². The standard InChI is InChI=1S/C22H19N3O2S/c1-3-25-18-11-10-15(24-20(26)16-8-5-4-7-14(16)2)13-19(18)28-21-17(22(25)27)9-6-12-23-21/h4-13H,3H2,1-2H3,(H,24,26). The number of pyridine rings is 1. The van der Waals surface area contributed by atoms with Gasteiger partial charge in [-0.2, -0.15) is 0 Å². The van der Waals surface area contributed by atoms with E-state index in [2.05, 4.69) is 10.3 Å². The highest BCUT2D eigenvalue weighted by molar-refractivity contribution is 7.99. The Balaban J connectivity index is 1.70. The summed E-state index contributed by atoms with van der Waals surface area (Å²) in [7, 11) is 0. The fourth-order valence-corrected chi connectivity index (χ4v) is 4.29. The van der Waals surface area contributed by atoms with Crippen molar-refractivity contribution in [3.8, 4) is 0 Å². The number of rotatable bonds is 3. The van der Waals surface area contributed by atoms with Crippen molar-refractivity contribution in [3.05, 3.63) is 77.5 Å². The molecule has 28 heavy (non-hydrogen) atoms. The van der Waals surface area contributed by atoms with E-state index in [0.29, 0.717) is 28.4 Å². The van der Waals surface area contributed by atoms with E-state index in [-0.39, 0.29) is 11.8 Å².